The van der Waals surface area contributed by atoms with Crippen molar-refractivity contribution in [2.75, 3.05) is 0 Å². The lowest BCUT2D eigenvalue weighted by Gasteiger charge is -2.22. The summed E-state index contributed by atoms with van der Waals surface area (Å²) in [6.07, 6.45) is 0. The van der Waals surface area contributed by atoms with Gasteiger partial charge >= 0.3 is 0 Å². The topological polar surface area (TPSA) is 26.0 Å². The van der Waals surface area contributed by atoms with Crippen molar-refractivity contribution >= 4 is 12.4 Å². The molecule has 0 amide bonds. The van der Waals surface area contributed by atoms with Gasteiger partial charge in [0.2, 0.25) is 0 Å². The molecule has 0 aromatic heterocycles. The van der Waals surface area contributed by atoms with Crippen LogP contribution in [0.1, 0.15) is 27.7 Å². The van der Waals surface area contributed by atoms with E-state index in [0.29, 0.717) is 6.04 Å². The van der Waals surface area contributed by atoms with Crippen LogP contribution in [0.2, 0.25) is 0 Å². The Labute approximate surface area is 58.1 Å². The van der Waals surface area contributed by atoms with Crippen LogP contribution < -0.4 is 5.73 Å². The van der Waals surface area contributed by atoms with Gasteiger partial charge in [0.15, 0.2) is 0 Å². The zero-order valence-corrected chi connectivity index (χ0v) is 6.88. The van der Waals surface area contributed by atoms with E-state index in [0.717, 1.165) is 0 Å². The van der Waals surface area contributed by atoms with Gasteiger partial charge in [0.25, 0.3) is 0 Å². The van der Waals surface area contributed by atoms with E-state index >= 15 is 0 Å². The van der Waals surface area contributed by atoms with E-state index in [9.17, 15) is 0 Å². The van der Waals surface area contributed by atoms with Crippen molar-refractivity contribution < 1.29 is 0 Å². The molecular formula is C6H16ClN. The van der Waals surface area contributed by atoms with Gasteiger partial charge in [-0.15, -0.1) is 12.4 Å². The van der Waals surface area contributed by atoms with Gasteiger partial charge in [0.05, 0.1) is 0 Å². The van der Waals surface area contributed by atoms with Crippen LogP contribution in [0.15, 0.2) is 0 Å². The molecule has 0 aliphatic carbocycles. The fourth-order valence-corrected chi connectivity index (χ4v) is 0. The number of hydrogen-bond donors (Lipinski definition) is 1. The number of hydrogen-bond acceptors (Lipinski definition) is 1. The summed E-state index contributed by atoms with van der Waals surface area (Å²) < 4.78 is 0. The maximum absolute atomic E-state index is 5.57. The zero-order chi connectivity index (χ0) is 6.08. The van der Waals surface area contributed by atoms with Crippen molar-refractivity contribution in [3.8, 4) is 0 Å². The van der Waals surface area contributed by atoms with Crippen molar-refractivity contribution in [2.45, 2.75) is 33.7 Å². The van der Waals surface area contributed by atoms with Crippen molar-refractivity contribution in [1.82, 2.24) is 0 Å². The second-order valence-corrected chi connectivity index (χ2v) is 3.15. The first-order valence-electron chi connectivity index (χ1n) is 2.70. The molecule has 0 unspecified atom stereocenters. The molecule has 2 heteroatoms. The van der Waals surface area contributed by atoms with Crippen molar-refractivity contribution in [2.24, 2.45) is 11.1 Å². The molecule has 0 radical (unpaired) electrons. The SMILES string of the molecule is C[C@H](N)C(C)(C)C.Cl. The summed E-state index contributed by atoms with van der Waals surface area (Å²) in [4.78, 5) is 0. The predicted octanol–water partition coefficient (Wildman–Crippen LogP) is 1.80. The number of rotatable bonds is 0. The van der Waals surface area contributed by atoms with Gasteiger partial charge in [0, 0.05) is 6.04 Å². The molecule has 0 saturated carbocycles. The van der Waals surface area contributed by atoms with Gasteiger partial charge in [-0.1, -0.05) is 20.8 Å². The third-order valence-electron chi connectivity index (χ3n) is 1.37. The molecule has 0 aliphatic heterocycles. The molecule has 52 valence electrons. The number of nitrogens with two attached hydrogens (primary N) is 1. The lowest BCUT2D eigenvalue weighted by atomic mass is 9.89. The summed E-state index contributed by atoms with van der Waals surface area (Å²) in [5.41, 5.74) is 5.85. The molecule has 0 aliphatic rings. The Hall–Kier alpha value is 0.250. The normalized spacial score (nSPS) is 14.6. The largest absolute Gasteiger partial charge is 0.327 e. The molecule has 0 rings (SSSR count). The van der Waals surface area contributed by atoms with E-state index in [1.165, 1.54) is 0 Å². The van der Waals surface area contributed by atoms with Crippen molar-refractivity contribution in [1.29, 1.82) is 0 Å². The summed E-state index contributed by atoms with van der Waals surface area (Å²) in [7, 11) is 0. The Morgan fingerprint density at radius 3 is 1.38 bits per heavy atom. The summed E-state index contributed by atoms with van der Waals surface area (Å²) in [5, 5.41) is 0. The van der Waals surface area contributed by atoms with Crippen molar-refractivity contribution in [3.05, 3.63) is 0 Å². The Bertz CT molecular complexity index is 54.0. The predicted molar refractivity (Wildman–Crippen MR) is 40.4 cm³/mol. The van der Waals surface area contributed by atoms with Gasteiger partial charge in [-0.25, -0.2) is 0 Å². The monoisotopic (exact) mass is 137 g/mol. The minimum absolute atomic E-state index is 0. The highest BCUT2D eigenvalue weighted by Gasteiger charge is 2.14. The van der Waals surface area contributed by atoms with Crippen LogP contribution in [0.25, 0.3) is 0 Å². The fourth-order valence-electron chi connectivity index (χ4n) is 0. The standard InChI is InChI=1S/C6H15N.ClH/c1-5(7)6(2,3)4;/h5H,7H2,1-4H3;1H/t5-;/m0./s1. The molecule has 0 fully saturated rings. The zero-order valence-electron chi connectivity index (χ0n) is 6.06. The van der Waals surface area contributed by atoms with Crippen molar-refractivity contribution in [3.63, 3.8) is 0 Å². The van der Waals surface area contributed by atoms with Gasteiger partial charge in [-0.3, -0.25) is 0 Å². The van der Waals surface area contributed by atoms with E-state index in [4.69, 9.17) is 5.73 Å². The highest BCUT2D eigenvalue weighted by atomic mass is 35.5. The molecular weight excluding hydrogens is 122 g/mol. The van der Waals surface area contributed by atoms with Crippen LogP contribution in [0.4, 0.5) is 0 Å². The molecule has 8 heavy (non-hydrogen) atoms. The Balaban J connectivity index is 0. The van der Waals surface area contributed by atoms with Crippen LogP contribution in [0.3, 0.4) is 0 Å². The van der Waals surface area contributed by atoms with Crippen LogP contribution in [-0.2, 0) is 0 Å². The van der Waals surface area contributed by atoms with Gasteiger partial charge in [-0.05, 0) is 12.3 Å². The van der Waals surface area contributed by atoms with Gasteiger partial charge in [0.1, 0.15) is 0 Å². The van der Waals surface area contributed by atoms with E-state index in [1.54, 1.807) is 0 Å². The second kappa shape index (κ2) is 3.31. The molecule has 0 aromatic rings. The van der Waals surface area contributed by atoms with Gasteiger partial charge in [-0.2, -0.15) is 0 Å². The van der Waals surface area contributed by atoms with E-state index < -0.39 is 0 Å². The average Bonchev–Trinajstić information content (AvgIpc) is 1.31. The van der Waals surface area contributed by atoms with Gasteiger partial charge < -0.3 is 5.73 Å². The Morgan fingerprint density at radius 2 is 1.38 bits per heavy atom. The van der Waals surface area contributed by atoms with E-state index in [2.05, 4.69) is 20.8 Å². The summed E-state index contributed by atoms with van der Waals surface area (Å²) in [5.74, 6) is 0. The molecule has 0 bridgehead atoms. The summed E-state index contributed by atoms with van der Waals surface area (Å²) >= 11 is 0. The Kier molecular flexibility index (Phi) is 4.59. The molecule has 0 spiro atoms. The van der Waals surface area contributed by atoms with E-state index in [1.807, 2.05) is 6.92 Å². The molecule has 0 heterocycles. The minimum Gasteiger partial charge on any atom is -0.327 e. The van der Waals surface area contributed by atoms with Crippen LogP contribution in [0.5, 0.6) is 0 Å². The molecule has 2 N–H and O–H groups in total. The molecule has 0 aromatic carbocycles. The second-order valence-electron chi connectivity index (χ2n) is 3.15. The van der Waals surface area contributed by atoms with Crippen LogP contribution in [0, 0.1) is 5.41 Å². The summed E-state index contributed by atoms with van der Waals surface area (Å²) in [6, 6.07) is 0.299. The third kappa shape index (κ3) is 4.41. The van der Waals surface area contributed by atoms with Crippen LogP contribution in [-0.4, -0.2) is 6.04 Å². The molecule has 1 nitrogen and oxygen atoms in total. The highest BCUT2D eigenvalue weighted by molar-refractivity contribution is 5.85. The maximum atomic E-state index is 5.57. The van der Waals surface area contributed by atoms with E-state index in [-0.39, 0.29) is 17.8 Å². The maximum Gasteiger partial charge on any atom is 0.00591 e. The Morgan fingerprint density at radius 1 is 1.25 bits per heavy atom. The smallest absolute Gasteiger partial charge is 0.00591 e. The first-order chi connectivity index (χ1) is 2.94. The number of halogens is 1. The fraction of sp³-hybridized carbons (Fsp3) is 1.00. The lowest BCUT2D eigenvalue weighted by Crippen LogP contribution is -2.31. The van der Waals surface area contributed by atoms with Crippen LogP contribution >= 0.6 is 12.4 Å². The quantitative estimate of drug-likeness (QED) is 0.542. The molecule has 0 saturated heterocycles. The lowest BCUT2D eigenvalue weighted by molar-refractivity contribution is 0.340. The molecule has 1 atom stereocenters. The summed E-state index contributed by atoms with van der Waals surface area (Å²) in [6.45, 7) is 8.44. The highest BCUT2D eigenvalue weighted by Crippen LogP contribution is 2.15. The average molecular weight is 138 g/mol. The third-order valence-corrected chi connectivity index (χ3v) is 1.37. The first-order valence-corrected chi connectivity index (χ1v) is 2.70. The first kappa shape index (κ1) is 11.1. The minimum atomic E-state index is 0.